The summed E-state index contributed by atoms with van der Waals surface area (Å²) in [5.74, 6) is -4.75. The maximum Gasteiger partial charge on any atom is 0.458 e. The Bertz CT molecular complexity index is 166. The van der Waals surface area contributed by atoms with E-state index in [-0.39, 0.29) is 17.0 Å². The summed E-state index contributed by atoms with van der Waals surface area (Å²) in [6, 6.07) is 0. The van der Waals surface area contributed by atoms with Gasteiger partial charge in [-0.2, -0.15) is 26.3 Å². The summed E-state index contributed by atoms with van der Waals surface area (Å²) in [5, 5.41) is 0. The van der Waals surface area contributed by atoms with E-state index >= 15 is 0 Å². The lowest BCUT2D eigenvalue weighted by Gasteiger charge is -2.04. The average Bonchev–Trinajstić information content (AvgIpc) is 2.05. The highest BCUT2D eigenvalue weighted by molar-refractivity contribution is 8.93. The van der Waals surface area contributed by atoms with Crippen LogP contribution in [0.15, 0.2) is 0 Å². The van der Waals surface area contributed by atoms with Crippen molar-refractivity contribution in [2.45, 2.75) is 18.1 Å². The zero-order valence-electron chi connectivity index (χ0n) is 4.58. The fraction of sp³-hybridized carbons (Fsp3) is 1.00. The molecule has 1 unspecified atom stereocenters. The van der Waals surface area contributed by atoms with Crippen molar-refractivity contribution < 1.29 is 31.1 Å². The van der Waals surface area contributed by atoms with E-state index in [1.54, 1.807) is 0 Å². The van der Waals surface area contributed by atoms with E-state index < -0.39 is 18.1 Å². The molecule has 1 saturated heterocycles. The molecule has 8 heteroatoms. The van der Waals surface area contributed by atoms with Crippen molar-refractivity contribution >= 4 is 17.0 Å². The standard InChI is InChI=1S/C3F6O.BrH/c4-1(2(5,6)7)3(8,9)10-1;/h;1H. The first kappa shape index (κ1) is 11.0. The number of epoxide rings is 1. The minimum absolute atomic E-state index is 0. The molecule has 0 N–H and O–H groups in total. The van der Waals surface area contributed by atoms with Crippen LogP contribution in [0, 0.1) is 0 Å². The van der Waals surface area contributed by atoms with E-state index in [0.717, 1.165) is 0 Å². The number of halogens is 7. The van der Waals surface area contributed by atoms with Gasteiger partial charge in [-0.05, 0) is 0 Å². The van der Waals surface area contributed by atoms with Crippen molar-refractivity contribution in [3.8, 4) is 0 Å². The summed E-state index contributed by atoms with van der Waals surface area (Å²) in [6.45, 7) is 0. The molecule has 0 saturated carbocycles. The Morgan fingerprint density at radius 1 is 1.00 bits per heavy atom. The van der Waals surface area contributed by atoms with E-state index in [1.807, 2.05) is 0 Å². The lowest BCUT2D eigenvalue weighted by atomic mass is 10.4. The van der Waals surface area contributed by atoms with Crippen LogP contribution in [0.5, 0.6) is 0 Å². The Balaban J connectivity index is 0.000001000. The number of ether oxygens (including phenoxy) is 1. The van der Waals surface area contributed by atoms with Gasteiger partial charge in [0.2, 0.25) is 0 Å². The van der Waals surface area contributed by atoms with Crippen molar-refractivity contribution in [2.75, 3.05) is 0 Å². The van der Waals surface area contributed by atoms with Crippen LogP contribution in [-0.2, 0) is 4.74 Å². The van der Waals surface area contributed by atoms with Crippen LogP contribution in [-0.4, -0.2) is 18.1 Å². The fourth-order valence-electron chi connectivity index (χ4n) is 0.374. The van der Waals surface area contributed by atoms with Crippen molar-refractivity contribution in [1.29, 1.82) is 0 Å². The van der Waals surface area contributed by atoms with Gasteiger partial charge in [0.15, 0.2) is 0 Å². The van der Waals surface area contributed by atoms with Gasteiger partial charge in [0.05, 0.1) is 0 Å². The lowest BCUT2D eigenvalue weighted by molar-refractivity contribution is -0.231. The van der Waals surface area contributed by atoms with Gasteiger partial charge in [-0.25, -0.2) is 0 Å². The van der Waals surface area contributed by atoms with Gasteiger partial charge < -0.3 is 0 Å². The van der Waals surface area contributed by atoms with Gasteiger partial charge in [0, 0.05) is 0 Å². The van der Waals surface area contributed by atoms with Gasteiger partial charge in [-0.15, -0.1) is 17.0 Å². The van der Waals surface area contributed by atoms with Gasteiger partial charge in [-0.3, -0.25) is 4.74 Å². The predicted octanol–water partition coefficient (Wildman–Crippen LogP) is 2.42. The normalized spacial score (nSPS) is 34.4. The molecule has 11 heavy (non-hydrogen) atoms. The molecule has 0 aromatic heterocycles. The molecule has 0 aromatic carbocycles. The first-order valence-electron chi connectivity index (χ1n) is 2.04. The molecule has 0 radical (unpaired) electrons. The Morgan fingerprint density at radius 2 is 1.27 bits per heavy atom. The molecular formula is C3HBrF6O. The molecular weight excluding hydrogens is 246 g/mol. The lowest BCUT2D eigenvalue weighted by Crippen LogP contribution is -2.32. The van der Waals surface area contributed by atoms with Gasteiger partial charge in [-0.1, -0.05) is 0 Å². The van der Waals surface area contributed by atoms with E-state index in [2.05, 4.69) is 4.74 Å². The zero-order chi connectivity index (χ0) is 8.21. The Morgan fingerprint density at radius 3 is 1.27 bits per heavy atom. The number of rotatable bonds is 0. The molecule has 0 aromatic rings. The second kappa shape index (κ2) is 2.25. The third-order valence-corrected chi connectivity index (χ3v) is 0.966. The Hall–Kier alpha value is 0.0200. The van der Waals surface area contributed by atoms with Crippen LogP contribution in [0.3, 0.4) is 0 Å². The Labute approximate surface area is 67.1 Å². The third kappa shape index (κ3) is 1.33. The van der Waals surface area contributed by atoms with E-state index in [9.17, 15) is 26.3 Å². The molecule has 68 valence electrons. The molecule has 1 aliphatic rings. The topological polar surface area (TPSA) is 12.5 Å². The molecule has 0 amide bonds. The summed E-state index contributed by atoms with van der Waals surface area (Å²) < 4.78 is 70.4. The van der Waals surface area contributed by atoms with E-state index in [4.69, 9.17) is 0 Å². The summed E-state index contributed by atoms with van der Waals surface area (Å²) in [5.41, 5.74) is 0. The van der Waals surface area contributed by atoms with Gasteiger partial charge >= 0.3 is 18.1 Å². The second-order valence-electron chi connectivity index (χ2n) is 1.71. The first-order chi connectivity index (χ1) is 4.21. The van der Waals surface area contributed by atoms with Crippen molar-refractivity contribution in [3.63, 3.8) is 0 Å². The summed E-state index contributed by atoms with van der Waals surface area (Å²) >= 11 is 0. The molecule has 1 heterocycles. The van der Waals surface area contributed by atoms with Crippen LogP contribution >= 0.6 is 17.0 Å². The minimum Gasteiger partial charge on any atom is -0.263 e. The minimum atomic E-state index is -5.66. The van der Waals surface area contributed by atoms with Crippen LogP contribution in [0.1, 0.15) is 0 Å². The molecule has 0 aliphatic carbocycles. The van der Waals surface area contributed by atoms with Gasteiger partial charge in [0.25, 0.3) is 0 Å². The average molecular weight is 247 g/mol. The van der Waals surface area contributed by atoms with Crippen LogP contribution < -0.4 is 0 Å². The maximum atomic E-state index is 11.7. The Kier molecular flexibility index (Phi) is 2.26. The zero-order valence-corrected chi connectivity index (χ0v) is 6.30. The third-order valence-electron chi connectivity index (χ3n) is 0.966. The summed E-state index contributed by atoms with van der Waals surface area (Å²) in [6.07, 6.45) is -10.4. The molecule has 0 bridgehead atoms. The highest BCUT2D eigenvalue weighted by Gasteiger charge is 2.90. The monoisotopic (exact) mass is 246 g/mol. The van der Waals surface area contributed by atoms with E-state index in [0.29, 0.717) is 0 Å². The van der Waals surface area contributed by atoms with Crippen LogP contribution in [0.4, 0.5) is 26.3 Å². The second-order valence-corrected chi connectivity index (χ2v) is 1.71. The molecule has 1 fully saturated rings. The first-order valence-corrected chi connectivity index (χ1v) is 2.04. The highest BCUT2D eigenvalue weighted by Crippen LogP contribution is 2.60. The number of hydrogen-bond donors (Lipinski definition) is 0. The van der Waals surface area contributed by atoms with Crippen molar-refractivity contribution in [2.24, 2.45) is 0 Å². The molecule has 1 aliphatic heterocycles. The summed E-state index contributed by atoms with van der Waals surface area (Å²) in [7, 11) is 0. The quantitative estimate of drug-likeness (QED) is 0.473. The molecule has 1 atom stereocenters. The number of alkyl halides is 6. The van der Waals surface area contributed by atoms with Gasteiger partial charge in [0.1, 0.15) is 0 Å². The molecule has 1 rings (SSSR count). The van der Waals surface area contributed by atoms with E-state index in [1.165, 1.54) is 0 Å². The molecule has 0 spiro atoms. The fourth-order valence-corrected chi connectivity index (χ4v) is 0.374. The predicted molar refractivity (Wildman–Crippen MR) is 26.2 cm³/mol. The molecule has 1 nitrogen and oxygen atoms in total. The van der Waals surface area contributed by atoms with Crippen LogP contribution in [0.25, 0.3) is 0 Å². The SMILES string of the molecule is Br.FC(F)(F)C1(F)OC1(F)F. The van der Waals surface area contributed by atoms with Crippen LogP contribution in [0.2, 0.25) is 0 Å². The highest BCUT2D eigenvalue weighted by atomic mass is 79.9. The van der Waals surface area contributed by atoms with Crippen molar-refractivity contribution in [1.82, 2.24) is 0 Å². The number of hydrogen-bond acceptors (Lipinski definition) is 1. The largest absolute Gasteiger partial charge is 0.458 e. The smallest absolute Gasteiger partial charge is 0.263 e. The summed E-state index contributed by atoms with van der Waals surface area (Å²) in [4.78, 5) is 0. The van der Waals surface area contributed by atoms with Crippen molar-refractivity contribution in [3.05, 3.63) is 0 Å². The maximum absolute atomic E-state index is 11.7.